The van der Waals surface area contributed by atoms with E-state index in [-0.39, 0.29) is 41.2 Å². The molecule has 1 aliphatic heterocycles. The third-order valence-electron chi connectivity index (χ3n) is 6.26. The molecule has 1 amide bonds. The first kappa shape index (κ1) is 23.6. The molecule has 2 unspecified atom stereocenters. The Morgan fingerprint density at radius 3 is 2.24 bits per heavy atom. The van der Waals surface area contributed by atoms with E-state index in [0.717, 1.165) is 5.56 Å². The average molecular weight is 487 g/mol. The van der Waals surface area contributed by atoms with Crippen molar-refractivity contribution in [3.63, 3.8) is 0 Å². The monoisotopic (exact) mass is 486 g/mol. The molecule has 0 radical (unpaired) electrons. The summed E-state index contributed by atoms with van der Waals surface area (Å²) in [6.45, 7) is 0. The molecule has 0 fully saturated rings. The molecule has 4 rings (SSSR count). The van der Waals surface area contributed by atoms with E-state index in [2.05, 4.69) is 5.32 Å². The average Bonchev–Trinajstić information content (AvgIpc) is 2.82. The van der Waals surface area contributed by atoms with Crippen LogP contribution >= 0.6 is 11.6 Å². The number of nitrogens with one attached hydrogen (secondary N) is 1. The summed E-state index contributed by atoms with van der Waals surface area (Å²) >= 11 is 5.95. The van der Waals surface area contributed by atoms with Crippen molar-refractivity contribution in [2.45, 2.75) is 31.1 Å². The summed E-state index contributed by atoms with van der Waals surface area (Å²) in [4.78, 5) is 36.7. The number of carbonyl (C=O) groups excluding carboxylic acids is 2. The van der Waals surface area contributed by atoms with Crippen LogP contribution < -0.4 is 19.5 Å². The molecule has 0 aromatic heterocycles. The molecule has 0 saturated carbocycles. The molecule has 0 bridgehead atoms. The Morgan fingerprint density at radius 1 is 0.971 bits per heavy atom. The van der Waals surface area contributed by atoms with Crippen LogP contribution in [-0.2, 0) is 9.59 Å². The van der Waals surface area contributed by atoms with E-state index in [4.69, 9.17) is 25.8 Å². The smallest absolute Gasteiger partial charge is 0.288 e. The lowest BCUT2D eigenvalue weighted by atomic mass is 9.73. The second-order valence-corrected chi connectivity index (χ2v) is 8.56. The molecule has 178 valence electrons. The summed E-state index contributed by atoms with van der Waals surface area (Å²) in [7, 11) is 4.55. The van der Waals surface area contributed by atoms with Gasteiger partial charge in [-0.1, -0.05) is 17.7 Å². The van der Waals surface area contributed by atoms with Gasteiger partial charge < -0.3 is 19.5 Å². The van der Waals surface area contributed by atoms with Crippen LogP contribution in [0.4, 0.5) is 5.69 Å². The fourth-order valence-corrected chi connectivity index (χ4v) is 4.89. The van der Waals surface area contributed by atoms with Gasteiger partial charge in [0.1, 0.15) is 5.02 Å². The molecule has 10 heteroatoms. The maximum atomic E-state index is 13.4. The number of rotatable bonds is 6. The number of nitrogens with zero attached hydrogens (tertiary/aromatic N) is 1. The third-order valence-corrected chi connectivity index (χ3v) is 6.58. The zero-order chi connectivity index (χ0) is 24.6. The molecular weight excluding hydrogens is 464 g/mol. The summed E-state index contributed by atoms with van der Waals surface area (Å²) in [5.74, 6) is 0.228. The standard InChI is InChI=1S/C24H23ClN2O7/c1-32-20-9-14(10-21(33-2)24(20)34-3)13-6-17-23(19(28)8-13)15(11-22(29)26-17)12-4-5-16(25)18(7-12)27(30)31/h4-5,7,9-10,13,15H,6,8,11H2,1-3H3,(H,26,29). The van der Waals surface area contributed by atoms with Gasteiger partial charge in [-0.15, -0.1) is 0 Å². The van der Waals surface area contributed by atoms with Crippen molar-refractivity contribution in [1.29, 1.82) is 0 Å². The number of nitro benzene ring substituents is 1. The summed E-state index contributed by atoms with van der Waals surface area (Å²) in [5.41, 5.74) is 2.09. The van der Waals surface area contributed by atoms with Crippen molar-refractivity contribution in [1.82, 2.24) is 5.32 Å². The molecule has 2 atom stereocenters. The predicted molar refractivity (Wildman–Crippen MR) is 124 cm³/mol. The molecule has 1 heterocycles. The van der Waals surface area contributed by atoms with Crippen LogP contribution in [0.2, 0.25) is 5.02 Å². The van der Waals surface area contributed by atoms with Crippen LogP contribution in [-0.4, -0.2) is 37.9 Å². The minimum atomic E-state index is -0.576. The lowest BCUT2D eigenvalue weighted by molar-refractivity contribution is -0.384. The van der Waals surface area contributed by atoms with Gasteiger partial charge in [0.05, 0.1) is 26.3 Å². The molecular formula is C24H23ClN2O7. The third kappa shape index (κ3) is 4.19. The van der Waals surface area contributed by atoms with Crippen molar-refractivity contribution >= 4 is 29.0 Å². The van der Waals surface area contributed by atoms with E-state index in [9.17, 15) is 19.7 Å². The molecule has 1 N–H and O–H groups in total. The molecule has 2 aromatic rings. The Hall–Kier alpha value is -3.59. The molecule has 1 aliphatic carbocycles. The first-order valence-electron chi connectivity index (χ1n) is 10.6. The van der Waals surface area contributed by atoms with Crippen molar-refractivity contribution in [2.75, 3.05) is 21.3 Å². The number of carbonyl (C=O) groups is 2. The van der Waals surface area contributed by atoms with E-state index >= 15 is 0 Å². The Balaban J connectivity index is 1.74. The van der Waals surface area contributed by atoms with Crippen LogP contribution in [0.3, 0.4) is 0 Å². The maximum absolute atomic E-state index is 13.4. The number of Topliss-reactive ketones (excluding diaryl/α,β-unsaturated/α-hetero) is 1. The normalized spacial score (nSPS) is 19.9. The van der Waals surface area contributed by atoms with E-state index in [0.29, 0.717) is 40.5 Å². The van der Waals surface area contributed by atoms with E-state index < -0.39 is 10.8 Å². The second-order valence-electron chi connectivity index (χ2n) is 8.15. The highest BCUT2D eigenvalue weighted by Crippen LogP contribution is 2.46. The summed E-state index contributed by atoms with van der Waals surface area (Å²) in [5, 5.41) is 14.2. The highest BCUT2D eigenvalue weighted by Gasteiger charge is 2.39. The lowest BCUT2D eigenvalue weighted by Gasteiger charge is -2.34. The largest absolute Gasteiger partial charge is 0.493 e. The van der Waals surface area contributed by atoms with Crippen molar-refractivity contribution in [3.8, 4) is 17.2 Å². The van der Waals surface area contributed by atoms with Gasteiger partial charge in [0.25, 0.3) is 5.69 Å². The number of ketones is 1. The van der Waals surface area contributed by atoms with Gasteiger partial charge in [0, 0.05) is 36.1 Å². The zero-order valence-electron chi connectivity index (χ0n) is 18.8. The minimum absolute atomic E-state index is 0.000601. The summed E-state index contributed by atoms with van der Waals surface area (Å²) in [6, 6.07) is 8.00. The molecule has 0 saturated heterocycles. The Kier molecular flexibility index (Phi) is 6.47. The number of halogens is 1. The first-order chi connectivity index (χ1) is 16.3. The van der Waals surface area contributed by atoms with Gasteiger partial charge in [-0.25, -0.2) is 0 Å². The van der Waals surface area contributed by atoms with E-state index in [1.54, 1.807) is 18.2 Å². The van der Waals surface area contributed by atoms with Crippen LogP contribution in [0.5, 0.6) is 17.2 Å². The topological polar surface area (TPSA) is 117 Å². The Labute approximate surface area is 200 Å². The number of benzene rings is 2. The first-order valence-corrected chi connectivity index (χ1v) is 10.9. The number of allylic oxidation sites excluding steroid dienone is 2. The van der Waals surface area contributed by atoms with Crippen LogP contribution in [0.15, 0.2) is 41.6 Å². The van der Waals surface area contributed by atoms with Gasteiger partial charge in [0.15, 0.2) is 17.3 Å². The molecule has 9 nitrogen and oxygen atoms in total. The Morgan fingerprint density at radius 2 is 1.65 bits per heavy atom. The SMILES string of the molecule is COc1cc(C2CC(=O)C3=C(C2)NC(=O)CC3c2ccc(Cl)c([N+](=O)[O-])c2)cc(OC)c1OC. The van der Waals surface area contributed by atoms with Gasteiger partial charge in [-0.05, 0) is 41.7 Å². The quantitative estimate of drug-likeness (QED) is 0.478. The van der Waals surface area contributed by atoms with Crippen LogP contribution in [0.1, 0.15) is 42.2 Å². The second kappa shape index (κ2) is 9.34. The number of amides is 1. The molecule has 2 aromatic carbocycles. The van der Waals surface area contributed by atoms with E-state index in [1.807, 2.05) is 0 Å². The number of nitro groups is 1. The highest BCUT2D eigenvalue weighted by molar-refractivity contribution is 6.32. The molecule has 2 aliphatic rings. The zero-order valence-corrected chi connectivity index (χ0v) is 19.6. The number of hydrogen-bond donors (Lipinski definition) is 1. The van der Waals surface area contributed by atoms with E-state index in [1.165, 1.54) is 33.5 Å². The number of methoxy groups -OCH3 is 3. The Bertz CT molecular complexity index is 1200. The lowest BCUT2D eigenvalue weighted by Crippen LogP contribution is -2.38. The van der Waals surface area contributed by atoms with Crippen molar-refractivity contribution in [2.24, 2.45) is 0 Å². The fourth-order valence-electron chi connectivity index (χ4n) is 4.70. The van der Waals surface area contributed by atoms with Gasteiger partial charge in [-0.2, -0.15) is 0 Å². The van der Waals surface area contributed by atoms with Gasteiger partial charge in [-0.3, -0.25) is 19.7 Å². The predicted octanol–water partition coefficient (Wildman–Crippen LogP) is 4.28. The minimum Gasteiger partial charge on any atom is -0.493 e. The molecule has 34 heavy (non-hydrogen) atoms. The fraction of sp³-hybridized carbons (Fsp3) is 0.333. The van der Waals surface area contributed by atoms with Crippen molar-refractivity contribution < 1.29 is 28.7 Å². The maximum Gasteiger partial charge on any atom is 0.288 e. The van der Waals surface area contributed by atoms with Gasteiger partial charge >= 0.3 is 0 Å². The number of hydrogen-bond acceptors (Lipinski definition) is 7. The van der Waals surface area contributed by atoms with Gasteiger partial charge in [0.2, 0.25) is 11.7 Å². The van der Waals surface area contributed by atoms with Crippen molar-refractivity contribution in [3.05, 3.63) is 67.9 Å². The highest BCUT2D eigenvalue weighted by atomic mass is 35.5. The van der Waals surface area contributed by atoms with Crippen LogP contribution in [0.25, 0.3) is 0 Å². The summed E-state index contributed by atoms with van der Waals surface area (Å²) < 4.78 is 16.3. The van der Waals surface area contributed by atoms with Crippen LogP contribution in [0, 0.1) is 10.1 Å². The molecule has 0 spiro atoms. The summed E-state index contributed by atoms with van der Waals surface area (Å²) in [6.07, 6.45) is 0.648. The number of ether oxygens (including phenoxy) is 3.